The Morgan fingerprint density at radius 1 is 1.11 bits per heavy atom. The minimum Gasteiger partial charge on any atom is -0.451 e. The minimum absolute atomic E-state index is 0.261. The molecule has 148 valence electrons. The van der Waals surface area contributed by atoms with Crippen LogP contribution in [-0.4, -0.2) is 53.0 Å². The van der Waals surface area contributed by atoms with Gasteiger partial charge in [0.05, 0.1) is 0 Å². The van der Waals surface area contributed by atoms with E-state index >= 15 is 0 Å². The molecule has 1 aliphatic heterocycles. The van der Waals surface area contributed by atoms with E-state index < -0.39 is 5.60 Å². The van der Waals surface area contributed by atoms with Crippen molar-refractivity contribution < 1.29 is 18.4 Å². The average Bonchev–Trinajstić information content (AvgIpc) is 3.26. The first-order chi connectivity index (χ1) is 13.3. The van der Waals surface area contributed by atoms with E-state index in [9.17, 15) is 4.79 Å². The molecule has 3 aromatic rings. The fourth-order valence-electron chi connectivity index (χ4n) is 3.28. The molecule has 0 aliphatic carbocycles. The summed E-state index contributed by atoms with van der Waals surface area (Å²) in [6.07, 6.45) is -0.261. The number of rotatable bonds is 2. The number of nitrogens with zero attached hydrogens (tertiary/aromatic N) is 4. The number of hydrogen-bond acceptors (Lipinski definition) is 7. The van der Waals surface area contributed by atoms with Gasteiger partial charge in [-0.05, 0) is 39.0 Å². The molecule has 0 unspecified atom stereocenters. The number of ether oxygens (including phenoxy) is 1. The van der Waals surface area contributed by atoms with Gasteiger partial charge >= 0.3 is 6.09 Å². The Labute approximate surface area is 163 Å². The maximum absolute atomic E-state index is 12.3. The molecule has 0 bridgehead atoms. The molecule has 0 N–H and O–H groups in total. The van der Waals surface area contributed by atoms with Crippen molar-refractivity contribution in [1.29, 1.82) is 0 Å². The summed E-state index contributed by atoms with van der Waals surface area (Å²) in [5, 5.41) is 8.87. The molecule has 1 aliphatic rings. The summed E-state index contributed by atoms with van der Waals surface area (Å²) in [4.78, 5) is 16.3. The van der Waals surface area contributed by atoms with Gasteiger partial charge in [0.2, 0.25) is 5.89 Å². The van der Waals surface area contributed by atoms with Crippen molar-refractivity contribution in [1.82, 2.24) is 15.1 Å². The van der Waals surface area contributed by atoms with E-state index in [4.69, 9.17) is 13.6 Å². The number of carbonyl (C=O) groups excluding carboxylic acids is 1. The molecule has 3 heterocycles. The first-order valence-corrected chi connectivity index (χ1v) is 9.36. The van der Waals surface area contributed by atoms with Crippen LogP contribution in [0.5, 0.6) is 0 Å². The van der Waals surface area contributed by atoms with Gasteiger partial charge in [0.15, 0.2) is 5.76 Å². The molecule has 8 heteroatoms. The molecule has 0 radical (unpaired) electrons. The predicted molar refractivity (Wildman–Crippen MR) is 104 cm³/mol. The fourth-order valence-corrected chi connectivity index (χ4v) is 3.28. The van der Waals surface area contributed by atoms with Crippen LogP contribution in [0, 0.1) is 6.92 Å². The Bertz CT molecular complexity index is 993. The highest BCUT2D eigenvalue weighted by atomic mass is 16.6. The summed E-state index contributed by atoms with van der Waals surface area (Å²) in [6.45, 7) is 10.0. The Morgan fingerprint density at radius 3 is 2.50 bits per heavy atom. The third kappa shape index (κ3) is 3.67. The maximum Gasteiger partial charge on any atom is 0.410 e. The van der Waals surface area contributed by atoms with Crippen LogP contribution in [0.1, 0.15) is 26.7 Å². The number of hydrogen-bond donors (Lipinski definition) is 0. The van der Waals surface area contributed by atoms with E-state index in [-0.39, 0.29) is 6.09 Å². The molecular formula is C20H24N4O4. The second kappa shape index (κ2) is 6.85. The summed E-state index contributed by atoms with van der Waals surface area (Å²) in [5.41, 5.74) is 1.34. The lowest BCUT2D eigenvalue weighted by Gasteiger charge is -2.37. The molecule has 28 heavy (non-hydrogen) atoms. The predicted octanol–water partition coefficient (Wildman–Crippen LogP) is 3.85. The van der Waals surface area contributed by atoms with Crippen molar-refractivity contribution in [3.05, 3.63) is 30.2 Å². The zero-order valence-electron chi connectivity index (χ0n) is 16.6. The number of fused-ring (bicyclic) bond motifs is 1. The van der Waals surface area contributed by atoms with Gasteiger partial charge in [0, 0.05) is 44.2 Å². The fraction of sp³-hybridized carbons (Fsp3) is 0.450. The quantitative estimate of drug-likeness (QED) is 0.663. The summed E-state index contributed by atoms with van der Waals surface area (Å²) in [5.74, 6) is 1.42. The minimum atomic E-state index is -0.486. The van der Waals surface area contributed by atoms with Gasteiger partial charge in [0.25, 0.3) is 5.89 Å². The molecule has 1 fully saturated rings. The monoisotopic (exact) mass is 384 g/mol. The first-order valence-electron chi connectivity index (χ1n) is 9.36. The molecular weight excluding hydrogens is 360 g/mol. The SMILES string of the molecule is Cc1nnc(-c2cc3c(N4CCN(C(=O)OC(C)(C)C)CC4)cccc3o2)o1. The highest BCUT2D eigenvalue weighted by Gasteiger charge is 2.27. The highest BCUT2D eigenvalue weighted by Crippen LogP contribution is 2.34. The Morgan fingerprint density at radius 2 is 1.86 bits per heavy atom. The topological polar surface area (TPSA) is 84.8 Å². The van der Waals surface area contributed by atoms with Crippen molar-refractivity contribution in [2.75, 3.05) is 31.1 Å². The van der Waals surface area contributed by atoms with Gasteiger partial charge in [-0.3, -0.25) is 0 Å². The van der Waals surface area contributed by atoms with E-state index in [0.29, 0.717) is 30.6 Å². The van der Waals surface area contributed by atoms with E-state index in [0.717, 1.165) is 29.7 Å². The van der Waals surface area contributed by atoms with Crippen molar-refractivity contribution in [2.45, 2.75) is 33.3 Å². The standard InChI is InChI=1S/C20H24N4O4/c1-13-21-22-18(26-13)17-12-14-15(6-5-7-16(14)27-17)23-8-10-24(11-9-23)19(25)28-20(2,3)4/h5-7,12H,8-11H2,1-4H3. The zero-order chi connectivity index (χ0) is 19.9. The normalized spacial score (nSPS) is 15.3. The number of benzene rings is 1. The number of piperazine rings is 1. The van der Waals surface area contributed by atoms with Crippen LogP contribution in [-0.2, 0) is 4.74 Å². The average molecular weight is 384 g/mol. The van der Waals surface area contributed by atoms with Gasteiger partial charge < -0.3 is 23.4 Å². The second-order valence-corrected chi connectivity index (χ2v) is 7.88. The molecule has 1 amide bonds. The van der Waals surface area contributed by atoms with Crippen LogP contribution in [0.15, 0.2) is 33.1 Å². The van der Waals surface area contributed by atoms with Crippen LogP contribution >= 0.6 is 0 Å². The van der Waals surface area contributed by atoms with E-state index in [1.54, 1.807) is 11.8 Å². The molecule has 0 spiro atoms. The van der Waals surface area contributed by atoms with Crippen molar-refractivity contribution in [3.63, 3.8) is 0 Å². The Balaban J connectivity index is 1.52. The number of aryl methyl sites for hydroxylation is 1. The van der Waals surface area contributed by atoms with E-state index in [2.05, 4.69) is 21.2 Å². The van der Waals surface area contributed by atoms with Crippen molar-refractivity contribution in [3.8, 4) is 11.7 Å². The smallest absolute Gasteiger partial charge is 0.410 e. The first kappa shape index (κ1) is 18.3. The molecule has 1 aromatic carbocycles. The highest BCUT2D eigenvalue weighted by molar-refractivity contribution is 5.93. The number of amides is 1. The van der Waals surface area contributed by atoms with Gasteiger partial charge in [0.1, 0.15) is 11.2 Å². The van der Waals surface area contributed by atoms with Crippen LogP contribution < -0.4 is 4.90 Å². The van der Waals surface area contributed by atoms with Crippen LogP contribution in [0.25, 0.3) is 22.6 Å². The lowest BCUT2D eigenvalue weighted by molar-refractivity contribution is 0.0240. The van der Waals surface area contributed by atoms with Crippen LogP contribution in [0.4, 0.5) is 10.5 Å². The summed E-state index contributed by atoms with van der Waals surface area (Å²) >= 11 is 0. The van der Waals surface area contributed by atoms with E-state index in [1.807, 2.05) is 39.0 Å². The van der Waals surface area contributed by atoms with Crippen molar-refractivity contribution >= 4 is 22.7 Å². The third-order valence-electron chi connectivity index (χ3n) is 4.55. The van der Waals surface area contributed by atoms with Gasteiger partial charge in [-0.15, -0.1) is 10.2 Å². The van der Waals surface area contributed by atoms with Crippen LogP contribution in [0.3, 0.4) is 0 Å². The third-order valence-corrected chi connectivity index (χ3v) is 4.55. The molecule has 4 rings (SSSR count). The summed E-state index contributed by atoms with van der Waals surface area (Å²) in [7, 11) is 0. The molecule has 0 atom stereocenters. The lowest BCUT2D eigenvalue weighted by Crippen LogP contribution is -2.50. The molecule has 2 aromatic heterocycles. The maximum atomic E-state index is 12.3. The van der Waals surface area contributed by atoms with Crippen molar-refractivity contribution in [2.24, 2.45) is 0 Å². The zero-order valence-corrected chi connectivity index (χ0v) is 16.6. The lowest BCUT2D eigenvalue weighted by atomic mass is 10.1. The van der Waals surface area contributed by atoms with E-state index in [1.165, 1.54) is 0 Å². The van der Waals surface area contributed by atoms with Gasteiger partial charge in [-0.25, -0.2) is 4.79 Å². The molecule has 8 nitrogen and oxygen atoms in total. The molecule has 0 saturated carbocycles. The molecule has 1 saturated heterocycles. The number of aromatic nitrogens is 2. The summed E-state index contributed by atoms with van der Waals surface area (Å²) in [6, 6.07) is 7.87. The number of anilines is 1. The Hall–Kier alpha value is -3.03. The van der Waals surface area contributed by atoms with Crippen LogP contribution in [0.2, 0.25) is 0 Å². The number of carbonyl (C=O) groups is 1. The second-order valence-electron chi connectivity index (χ2n) is 7.88. The summed E-state index contributed by atoms with van der Waals surface area (Å²) < 4.78 is 16.9. The van der Waals surface area contributed by atoms with Gasteiger partial charge in [-0.1, -0.05) is 6.07 Å². The largest absolute Gasteiger partial charge is 0.451 e. The Kier molecular flexibility index (Phi) is 4.49. The number of furan rings is 1. The van der Waals surface area contributed by atoms with Gasteiger partial charge in [-0.2, -0.15) is 0 Å².